The average molecular weight is 205 g/mol. The van der Waals surface area contributed by atoms with Gasteiger partial charge in [0.2, 0.25) is 0 Å². The number of anilines is 1. The summed E-state index contributed by atoms with van der Waals surface area (Å²) in [5.41, 5.74) is 5.03. The van der Waals surface area contributed by atoms with Crippen LogP contribution < -0.4 is 16.6 Å². The van der Waals surface area contributed by atoms with Gasteiger partial charge in [-0.15, -0.1) is 0 Å². The number of nitrogens with one attached hydrogen (secondary N) is 2. The molecule has 0 aromatic heterocycles. The standard InChI is InChI=1S/C11H15N3O/c1-7-6-9(14-12)4-5-10(7)11(15)13-8-2-3-8/h4-6,8,14H,2-3,12H2,1H3,(H,13,15). The third-order valence-corrected chi connectivity index (χ3v) is 2.55. The molecule has 0 saturated heterocycles. The Morgan fingerprint density at radius 1 is 1.47 bits per heavy atom. The van der Waals surface area contributed by atoms with Crippen molar-refractivity contribution in [3.05, 3.63) is 29.3 Å². The fraction of sp³-hybridized carbons (Fsp3) is 0.364. The van der Waals surface area contributed by atoms with Gasteiger partial charge in [0.1, 0.15) is 0 Å². The van der Waals surface area contributed by atoms with E-state index in [4.69, 9.17) is 5.84 Å². The molecule has 15 heavy (non-hydrogen) atoms. The summed E-state index contributed by atoms with van der Waals surface area (Å²) >= 11 is 0. The zero-order valence-electron chi connectivity index (χ0n) is 8.71. The Balaban J connectivity index is 2.15. The van der Waals surface area contributed by atoms with Crippen LogP contribution in [0, 0.1) is 6.92 Å². The number of carbonyl (C=O) groups is 1. The first kappa shape index (κ1) is 9.98. The lowest BCUT2D eigenvalue weighted by Gasteiger charge is -2.08. The highest BCUT2D eigenvalue weighted by atomic mass is 16.1. The fourth-order valence-corrected chi connectivity index (χ4v) is 1.50. The van der Waals surface area contributed by atoms with Crippen LogP contribution in [0.4, 0.5) is 5.69 Å². The number of amides is 1. The first-order valence-corrected chi connectivity index (χ1v) is 5.09. The van der Waals surface area contributed by atoms with Gasteiger partial charge in [0.05, 0.1) is 0 Å². The zero-order valence-corrected chi connectivity index (χ0v) is 8.71. The Kier molecular flexibility index (Phi) is 2.60. The van der Waals surface area contributed by atoms with Gasteiger partial charge in [-0.25, -0.2) is 0 Å². The molecule has 1 aliphatic rings. The van der Waals surface area contributed by atoms with Crippen LogP contribution in [0.15, 0.2) is 18.2 Å². The van der Waals surface area contributed by atoms with Crippen molar-refractivity contribution in [2.75, 3.05) is 5.43 Å². The molecule has 1 aliphatic carbocycles. The Hall–Kier alpha value is -1.55. The molecule has 0 atom stereocenters. The molecule has 4 N–H and O–H groups in total. The summed E-state index contributed by atoms with van der Waals surface area (Å²) in [6.45, 7) is 1.91. The smallest absolute Gasteiger partial charge is 0.251 e. The molecule has 1 fully saturated rings. The van der Waals surface area contributed by atoms with Gasteiger partial charge >= 0.3 is 0 Å². The Morgan fingerprint density at radius 3 is 2.73 bits per heavy atom. The van der Waals surface area contributed by atoms with E-state index in [9.17, 15) is 4.79 Å². The van der Waals surface area contributed by atoms with Crippen molar-refractivity contribution < 1.29 is 4.79 Å². The van der Waals surface area contributed by atoms with Crippen LogP contribution in [0.25, 0.3) is 0 Å². The molecule has 1 aromatic carbocycles. The third kappa shape index (κ3) is 2.27. The van der Waals surface area contributed by atoms with Gasteiger partial charge in [-0.2, -0.15) is 0 Å². The fourth-order valence-electron chi connectivity index (χ4n) is 1.50. The molecule has 0 spiro atoms. The van der Waals surface area contributed by atoms with Gasteiger partial charge < -0.3 is 10.7 Å². The maximum Gasteiger partial charge on any atom is 0.251 e. The van der Waals surface area contributed by atoms with Crippen LogP contribution in [0.2, 0.25) is 0 Å². The van der Waals surface area contributed by atoms with Crippen LogP contribution in [0.5, 0.6) is 0 Å². The van der Waals surface area contributed by atoms with Crippen molar-refractivity contribution in [2.24, 2.45) is 5.84 Å². The molecule has 80 valence electrons. The monoisotopic (exact) mass is 205 g/mol. The number of hydrogen-bond acceptors (Lipinski definition) is 3. The number of nitrogen functional groups attached to an aromatic ring is 1. The predicted octanol–water partition coefficient (Wildman–Crippen LogP) is 1.17. The number of hydrogen-bond donors (Lipinski definition) is 3. The number of carbonyl (C=O) groups excluding carboxylic acids is 1. The van der Waals surface area contributed by atoms with Crippen LogP contribution in [-0.4, -0.2) is 11.9 Å². The van der Waals surface area contributed by atoms with Gasteiger partial charge in [0.25, 0.3) is 5.91 Å². The van der Waals surface area contributed by atoms with E-state index in [1.807, 2.05) is 13.0 Å². The van der Waals surface area contributed by atoms with Gasteiger partial charge in [-0.1, -0.05) is 0 Å². The van der Waals surface area contributed by atoms with E-state index in [1.165, 1.54) is 0 Å². The molecule has 1 amide bonds. The van der Waals surface area contributed by atoms with Gasteiger partial charge in [0.15, 0.2) is 0 Å². The van der Waals surface area contributed by atoms with E-state index in [0.717, 1.165) is 29.7 Å². The first-order valence-electron chi connectivity index (χ1n) is 5.09. The lowest BCUT2D eigenvalue weighted by molar-refractivity contribution is 0.0950. The number of hydrazine groups is 1. The SMILES string of the molecule is Cc1cc(NN)ccc1C(=O)NC1CC1. The van der Waals surface area contributed by atoms with Crippen LogP contribution in [0.3, 0.4) is 0 Å². The largest absolute Gasteiger partial charge is 0.349 e. The molecule has 1 aromatic rings. The van der Waals surface area contributed by atoms with E-state index in [-0.39, 0.29) is 5.91 Å². The molecule has 0 unspecified atom stereocenters. The lowest BCUT2D eigenvalue weighted by atomic mass is 10.1. The zero-order chi connectivity index (χ0) is 10.8. The minimum atomic E-state index is 0.0126. The van der Waals surface area contributed by atoms with Crippen LogP contribution in [0.1, 0.15) is 28.8 Å². The summed E-state index contributed by atoms with van der Waals surface area (Å²) in [6, 6.07) is 5.85. The maximum atomic E-state index is 11.8. The topological polar surface area (TPSA) is 67.1 Å². The van der Waals surface area contributed by atoms with Crippen LogP contribution >= 0.6 is 0 Å². The van der Waals surface area contributed by atoms with E-state index in [2.05, 4.69) is 10.7 Å². The average Bonchev–Trinajstić information content (AvgIpc) is 3.01. The maximum absolute atomic E-state index is 11.8. The predicted molar refractivity (Wildman–Crippen MR) is 59.5 cm³/mol. The van der Waals surface area contributed by atoms with E-state index >= 15 is 0 Å². The van der Waals surface area contributed by atoms with E-state index < -0.39 is 0 Å². The molecule has 0 heterocycles. The summed E-state index contributed by atoms with van der Waals surface area (Å²) < 4.78 is 0. The summed E-state index contributed by atoms with van der Waals surface area (Å²) in [6.07, 6.45) is 2.21. The Labute approximate surface area is 88.8 Å². The molecule has 2 rings (SSSR count). The van der Waals surface area contributed by atoms with Gasteiger partial charge in [-0.3, -0.25) is 10.6 Å². The molecule has 0 radical (unpaired) electrons. The molecule has 0 aliphatic heterocycles. The molecular formula is C11H15N3O. The van der Waals surface area contributed by atoms with Crippen molar-refractivity contribution in [1.29, 1.82) is 0 Å². The molecule has 4 nitrogen and oxygen atoms in total. The summed E-state index contributed by atoms with van der Waals surface area (Å²) in [5, 5.41) is 2.96. The second kappa shape index (κ2) is 3.90. The third-order valence-electron chi connectivity index (χ3n) is 2.55. The second-order valence-corrected chi connectivity index (χ2v) is 3.92. The molecule has 4 heteroatoms. The summed E-state index contributed by atoms with van der Waals surface area (Å²) in [4.78, 5) is 11.8. The highest BCUT2D eigenvalue weighted by Crippen LogP contribution is 2.20. The first-order chi connectivity index (χ1) is 7.20. The number of rotatable bonds is 3. The summed E-state index contributed by atoms with van der Waals surface area (Å²) in [5.74, 6) is 5.30. The lowest BCUT2D eigenvalue weighted by Crippen LogP contribution is -2.26. The quantitative estimate of drug-likeness (QED) is 0.512. The Bertz CT molecular complexity index is 385. The molecular weight excluding hydrogens is 190 g/mol. The van der Waals surface area contributed by atoms with Gasteiger partial charge in [-0.05, 0) is 43.5 Å². The van der Waals surface area contributed by atoms with Gasteiger partial charge in [0, 0.05) is 17.3 Å². The minimum Gasteiger partial charge on any atom is -0.349 e. The Morgan fingerprint density at radius 2 is 2.20 bits per heavy atom. The molecule has 0 bridgehead atoms. The number of aryl methyl sites for hydroxylation is 1. The number of nitrogens with two attached hydrogens (primary N) is 1. The van der Waals surface area contributed by atoms with Crippen molar-refractivity contribution >= 4 is 11.6 Å². The van der Waals surface area contributed by atoms with E-state index in [0.29, 0.717) is 6.04 Å². The molecule has 1 saturated carbocycles. The second-order valence-electron chi connectivity index (χ2n) is 3.92. The summed E-state index contributed by atoms with van der Waals surface area (Å²) in [7, 11) is 0. The van der Waals surface area contributed by atoms with Crippen LogP contribution in [-0.2, 0) is 0 Å². The van der Waals surface area contributed by atoms with Crippen molar-refractivity contribution in [2.45, 2.75) is 25.8 Å². The number of benzene rings is 1. The normalized spacial score (nSPS) is 14.8. The van der Waals surface area contributed by atoms with Crippen molar-refractivity contribution in [1.82, 2.24) is 5.32 Å². The van der Waals surface area contributed by atoms with E-state index in [1.54, 1.807) is 12.1 Å². The highest BCUT2D eigenvalue weighted by molar-refractivity contribution is 5.96. The van der Waals surface area contributed by atoms with Crippen molar-refractivity contribution in [3.63, 3.8) is 0 Å². The minimum absolute atomic E-state index is 0.0126. The van der Waals surface area contributed by atoms with Crippen molar-refractivity contribution in [3.8, 4) is 0 Å². The highest BCUT2D eigenvalue weighted by Gasteiger charge is 2.24.